The highest BCUT2D eigenvalue weighted by molar-refractivity contribution is 7.80. The van der Waals surface area contributed by atoms with Crippen molar-refractivity contribution in [2.45, 2.75) is 39.0 Å². The molecule has 4 heteroatoms. The largest absolute Gasteiger partial charge is 0.273 e. The van der Waals surface area contributed by atoms with Crippen LogP contribution in [0.5, 0.6) is 0 Å². The Labute approximate surface area is 124 Å². The third-order valence-electron chi connectivity index (χ3n) is 4.13. The summed E-state index contributed by atoms with van der Waals surface area (Å²) in [5.41, 5.74) is 3.09. The van der Waals surface area contributed by atoms with Gasteiger partial charge in [-0.3, -0.25) is 9.69 Å². The highest BCUT2D eigenvalue weighted by Gasteiger charge is 2.37. The Morgan fingerprint density at radius 1 is 1.30 bits per heavy atom. The minimum atomic E-state index is -0.0544. The number of fused-ring (bicyclic) bond motifs is 1. The Hall–Kier alpha value is -1.55. The molecular weight excluding hydrogens is 268 g/mol. The van der Waals surface area contributed by atoms with Gasteiger partial charge in [0.2, 0.25) is 11.0 Å². The van der Waals surface area contributed by atoms with Gasteiger partial charge in [0.15, 0.2) is 0 Å². The molecule has 3 rings (SSSR count). The summed E-state index contributed by atoms with van der Waals surface area (Å²) in [6, 6.07) is 8.02. The van der Waals surface area contributed by atoms with Crippen molar-refractivity contribution in [3.63, 3.8) is 0 Å². The van der Waals surface area contributed by atoms with Gasteiger partial charge in [0.1, 0.15) is 0 Å². The summed E-state index contributed by atoms with van der Waals surface area (Å²) in [7, 11) is 0. The quantitative estimate of drug-likeness (QED) is 0.779. The number of hydrogen-bond acceptors (Lipinski definition) is 2. The van der Waals surface area contributed by atoms with Gasteiger partial charge in [-0.25, -0.2) is 4.99 Å². The second-order valence-electron chi connectivity index (χ2n) is 5.38. The van der Waals surface area contributed by atoms with Crippen LogP contribution in [0.4, 0.5) is 5.69 Å². The Balaban J connectivity index is 1.94. The number of hydrogen-bond donors (Lipinski definition) is 0. The van der Waals surface area contributed by atoms with Gasteiger partial charge in [-0.1, -0.05) is 25.5 Å². The number of carbonyl (C=O) groups is 1. The van der Waals surface area contributed by atoms with Crippen LogP contribution < -0.4 is 4.90 Å². The van der Waals surface area contributed by atoms with Crippen LogP contribution in [-0.4, -0.2) is 16.7 Å². The highest BCUT2D eigenvalue weighted by atomic mass is 32.1. The molecule has 0 bridgehead atoms. The van der Waals surface area contributed by atoms with Crippen molar-refractivity contribution < 1.29 is 4.79 Å². The molecule has 1 amide bonds. The van der Waals surface area contributed by atoms with Crippen molar-refractivity contribution in [2.24, 2.45) is 10.9 Å². The minimum Gasteiger partial charge on any atom is -0.273 e. The molecule has 0 saturated heterocycles. The molecule has 2 aliphatic rings. The van der Waals surface area contributed by atoms with E-state index in [9.17, 15) is 4.79 Å². The van der Waals surface area contributed by atoms with E-state index in [4.69, 9.17) is 12.2 Å². The summed E-state index contributed by atoms with van der Waals surface area (Å²) in [6.07, 6.45) is 5.04. The second kappa shape index (κ2) is 5.44. The first-order valence-electron chi connectivity index (χ1n) is 7.25. The Morgan fingerprint density at radius 3 is 2.75 bits per heavy atom. The Kier molecular flexibility index (Phi) is 3.66. The van der Waals surface area contributed by atoms with Crippen LogP contribution in [0.1, 0.15) is 38.2 Å². The summed E-state index contributed by atoms with van der Waals surface area (Å²) in [6.45, 7) is 2.12. The van der Waals surface area contributed by atoms with Gasteiger partial charge in [-0.15, -0.1) is 0 Å². The first kappa shape index (κ1) is 13.4. The zero-order valence-electron chi connectivity index (χ0n) is 11.6. The topological polar surface area (TPSA) is 32.7 Å². The van der Waals surface area contributed by atoms with Crippen LogP contribution in [-0.2, 0) is 11.2 Å². The summed E-state index contributed by atoms with van der Waals surface area (Å²) in [5.74, 6) is 0.0465. The van der Waals surface area contributed by atoms with Gasteiger partial charge < -0.3 is 0 Å². The van der Waals surface area contributed by atoms with Gasteiger partial charge in [-0.2, -0.15) is 0 Å². The summed E-state index contributed by atoms with van der Waals surface area (Å²) in [4.78, 5) is 18.8. The molecule has 1 atom stereocenters. The van der Waals surface area contributed by atoms with Crippen LogP contribution in [0.15, 0.2) is 29.3 Å². The maximum atomic E-state index is 12.7. The van der Waals surface area contributed by atoms with Crippen LogP contribution in [0, 0.1) is 5.92 Å². The summed E-state index contributed by atoms with van der Waals surface area (Å²) >= 11 is 5.33. The molecule has 1 unspecified atom stereocenters. The number of thiocarbonyl (C=S) groups is 1. The van der Waals surface area contributed by atoms with E-state index in [1.807, 2.05) is 24.3 Å². The molecule has 20 heavy (non-hydrogen) atoms. The SMILES string of the molecule is CCc1ccc(N2C(=O)C3CCCCC3=NC2=S)cc1. The van der Waals surface area contributed by atoms with Gasteiger partial charge in [0.25, 0.3) is 0 Å². The first-order chi connectivity index (χ1) is 9.70. The maximum absolute atomic E-state index is 12.7. The van der Waals surface area contributed by atoms with Crippen LogP contribution >= 0.6 is 12.2 Å². The summed E-state index contributed by atoms with van der Waals surface area (Å²) in [5, 5.41) is 0.396. The number of nitrogens with zero attached hydrogens (tertiary/aromatic N) is 2. The van der Waals surface area contributed by atoms with Crippen LogP contribution in [0.25, 0.3) is 0 Å². The predicted octanol–water partition coefficient (Wildman–Crippen LogP) is 3.51. The van der Waals surface area contributed by atoms with Gasteiger partial charge in [-0.05, 0) is 55.6 Å². The average Bonchev–Trinajstić information content (AvgIpc) is 2.48. The van der Waals surface area contributed by atoms with Crippen molar-refractivity contribution in [1.82, 2.24) is 0 Å². The van der Waals surface area contributed by atoms with E-state index in [1.165, 1.54) is 5.56 Å². The van der Waals surface area contributed by atoms with E-state index in [1.54, 1.807) is 4.90 Å². The molecule has 0 spiro atoms. The molecule has 1 aromatic rings. The molecule has 1 fully saturated rings. The number of rotatable bonds is 2. The molecule has 0 radical (unpaired) electrons. The fourth-order valence-electron chi connectivity index (χ4n) is 2.94. The normalized spacial score (nSPS) is 22.6. The predicted molar refractivity (Wildman–Crippen MR) is 85.3 cm³/mol. The van der Waals surface area contributed by atoms with E-state index in [-0.39, 0.29) is 11.8 Å². The van der Waals surface area contributed by atoms with E-state index in [0.717, 1.165) is 43.5 Å². The molecule has 1 saturated carbocycles. The smallest absolute Gasteiger partial charge is 0.242 e. The Morgan fingerprint density at radius 2 is 2.05 bits per heavy atom. The third-order valence-corrected chi connectivity index (χ3v) is 4.40. The molecule has 1 heterocycles. The zero-order chi connectivity index (χ0) is 14.1. The van der Waals surface area contributed by atoms with Crippen molar-refractivity contribution in [3.8, 4) is 0 Å². The van der Waals surface area contributed by atoms with E-state index < -0.39 is 0 Å². The van der Waals surface area contributed by atoms with Gasteiger partial charge in [0, 0.05) is 5.71 Å². The standard InChI is InChI=1S/C16H18N2OS/c1-2-11-7-9-12(10-8-11)18-15(19)13-5-3-4-6-14(13)17-16(18)20/h7-10,13H,2-6H2,1H3. The lowest BCUT2D eigenvalue weighted by molar-refractivity contribution is -0.120. The van der Waals surface area contributed by atoms with Crippen molar-refractivity contribution in [3.05, 3.63) is 29.8 Å². The average molecular weight is 286 g/mol. The number of anilines is 1. The molecule has 3 nitrogen and oxygen atoms in total. The van der Waals surface area contributed by atoms with Gasteiger partial charge in [0.05, 0.1) is 11.6 Å². The number of amides is 1. The molecule has 1 aromatic carbocycles. The zero-order valence-corrected chi connectivity index (χ0v) is 12.4. The Bertz CT molecular complexity index is 577. The number of aryl methyl sites for hydroxylation is 1. The number of aliphatic imine (C=N–C) groups is 1. The fourth-order valence-corrected chi connectivity index (χ4v) is 3.25. The molecule has 0 N–H and O–H groups in total. The fraction of sp³-hybridized carbons (Fsp3) is 0.438. The van der Waals surface area contributed by atoms with Gasteiger partial charge >= 0.3 is 0 Å². The lowest BCUT2D eigenvalue weighted by Crippen LogP contribution is -2.47. The molecule has 1 aliphatic heterocycles. The lowest BCUT2D eigenvalue weighted by Gasteiger charge is -2.33. The van der Waals surface area contributed by atoms with Crippen molar-refractivity contribution in [2.75, 3.05) is 4.90 Å². The molecule has 0 aromatic heterocycles. The monoisotopic (exact) mass is 286 g/mol. The molecular formula is C16H18N2OS. The highest BCUT2D eigenvalue weighted by Crippen LogP contribution is 2.30. The van der Waals surface area contributed by atoms with Crippen molar-refractivity contribution in [1.29, 1.82) is 0 Å². The van der Waals surface area contributed by atoms with E-state index in [0.29, 0.717) is 5.11 Å². The maximum Gasteiger partial charge on any atom is 0.242 e. The first-order valence-corrected chi connectivity index (χ1v) is 7.66. The third kappa shape index (κ3) is 2.29. The van der Waals surface area contributed by atoms with Crippen LogP contribution in [0.2, 0.25) is 0 Å². The van der Waals surface area contributed by atoms with Crippen molar-refractivity contribution >= 4 is 34.6 Å². The summed E-state index contributed by atoms with van der Waals surface area (Å²) < 4.78 is 0. The molecule has 1 aliphatic carbocycles. The van der Waals surface area contributed by atoms with E-state index >= 15 is 0 Å². The lowest BCUT2D eigenvalue weighted by atomic mass is 9.85. The second-order valence-corrected chi connectivity index (χ2v) is 5.74. The molecule has 104 valence electrons. The minimum absolute atomic E-state index is 0.0544. The number of benzene rings is 1. The number of carbonyl (C=O) groups excluding carboxylic acids is 1. The van der Waals surface area contributed by atoms with Crippen LogP contribution in [0.3, 0.4) is 0 Å². The van der Waals surface area contributed by atoms with E-state index in [2.05, 4.69) is 11.9 Å².